The molecule has 5 heteroatoms. The van der Waals surface area contributed by atoms with Gasteiger partial charge < -0.3 is 20.1 Å². The average molecular weight is 519 g/mol. The summed E-state index contributed by atoms with van der Waals surface area (Å²) in [6.45, 7) is 7.40. The maximum absolute atomic E-state index is 13.4. The zero-order valence-electron chi connectivity index (χ0n) is 22.7. The zero-order chi connectivity index (χ0) is 27.0. The molecule has 0 saturated carbocycles. The summed E-state index contributed by atoms with van der Waals surface area (Å²) in [6, 6.07) is 27.9. The molecule has 2 heterocycles. The normalized spacial score (nSPS) is 16.8. The van der Waals surface area contributed by atoms with Crippen molar-refractivity contribution in [2.24, 2.45) is 5.92 Å². The fraction of sp³-hybridized carbons (Fsp3) is 0.265. The van der Waals surface area contributed by atoms with E-state index in [1.807, 2.05) is 72.8 Å². The molecule has 0 bridgehead atoms. The van der Waals surface area contributed by atoms with Gasteiger partial charge in [-0.25, -0.2) is 4.79 Å². The lowest BCUT2D eigenvalue weighted by molar-refractivity contribution is 0.0227. The molecule has 6 rings (SSSR count). The highest BCUT2D eigenvalue weighted by Crippen LogP contribution is 2.58. The fourth-order valence-electron chi connectivity index (χ4n) is 5.74. The number of esters is 1. The number of para-hydroxylation sites is 1. The molecule has 0 fully saturated rings. The van der Waals surface area contributed by atoms with E-state index in [0.29, 0.717) is 23.0 Å². The van der Waals surface area contributed by atoms with Crippen molar-refractivity contribution in [3.63, 3.8) is 0 Å². The van der Waals surface area contributed by atoms with Gasteiger partial charge in [-0.15, -0.1) is 0 Å². The van der Waals surface area contributed by atoms with Crippen LogP contribution in [0, 0.1) is 12.8 Å². The van der Waals surface area contributed by atoms with Gasteiger partial charge in [0.2, 0.25) is 0 Å². The molecule has 2 N–H and O–H groups in total. The number of aryl methyl sites for hydroxylation is 1. The Morgan fingerprint density at radius 1 is 0.821 bits per heavy atom. The number of carbonyl (C=O) groups is 1. The number of ether oxygens (including phenoxy) is 2. The zero-order valence-corrected chi connectivity index (χ0v) is 22.7. The standard InChI is InChI=1S/C34H34N2O3/c1-22(2)12-9-10-19-35-28-17-11-18-30-32(28)34(26-16-8-7-15-25(26)33(37)39-34)27-21-29(23(3)20-31(27)38-30)36-24-13-5-4-6-14-24/h4-8,11,13-18,20-22,35-36H,9-10,12,19H2,1-3H3. The van der Waals surface area contributed by atoms with Crippen molar-refractivity contribution in [3.05, 3.63) is 113 Å². The quantitative estimate of drug-likeness (QED) is 0.181. The first-order valence-electron chi connectivity index (χ1n) is 13.8. The van der Waals surface area contributed by atoms with E-state index in [9.17, 15) is 4.79 Å². The van der Waals surface area contributed by atoms with Gasteiger partial charge in [0.1, 0.15) is 11.5 Å². The Morgan fingerprint density at radius 2 is 1.62 bits per heavy atom. The molecule has 1 spiro atoms. The second-order valence-corrected chi connectivity index (χ2v) is 10.9. The molecule has 0 aliphatic carbocycles. The van der Waals surface area contributed by atoms with E-state index in [1.165, 1.54) is 6.42 Å². The summed E-state index contributed by atoms with van der Waals surface area (Å²) in [7, 11) is 0. The van der Waals surface area contributed by atoms with Crippen molar-refractivity contribution in [2.45, 2.75) is 45.6 Å². The van der Waals surface area contributed by atoms with Crippen molar-refractivity contribution in [2.75, 3.05) is 17.2 Å². The van der Waals surface area contributed by atoms with Crippen LogP contribution in [0.25, 0.3) is 0 Å². The first-order chi connectivity index (χ1) is 19.0. The fourth-order valence-corrected chi connectivity index (χ4v) is 5.74. The highest BCUT2D eigenvalue weighted by atomic mass is 16.6. The van der Waals surface area contributed by atoms with Crippen LogP contribution in [0.5, 0.6) is 11.5 Å². The Bertz CT molecular complexity index is 1530. The predicted octanol–water partition coefficient (Wildman–Crippen LogP) is 8.54. The molecule has 198 valence electrons. The molecular weight excluding hydrogens is 484 g/mol. The van der Waals surface area contributed by atoms with Crippen molar-refractivity contribution in [1.29, 1.82) is 0 Å². The first kappa shape index (κ1) is 25.1. The first-order valence-corrected chi connectivity index (χ1v) is 13.8. The number of fused-ring (bicyclic) bond motifs is 6. The van der Waals surface area contributed by atoms with E-state index in [2.05, 4.69) is 43.5 Å². The summed E-state index contributed by atoms with van der Waals surface area (Å²) in [4.78, 5) is 13.4. The number of rotatable bonds is 8. The van der Waals surface area contributed by atoms with Crippen LogP contribution in [0.4, 0.5) is 17.1 Å². The van der Waals surface area contributed by atoms with Gasteiger partial charge in [-0.05, 0) is 67.3 Å². The lowest BCUT2D eigenvalue weighted by Gasteiger charge is -2.38. The van der Waals surface area contributed by atoms with Crippen LogP contribution in [-0.4, -0.2) is 12.5 Å². The van der Waals surface area contributed by atoms with Crippen LogP contribution in [0.2, 0.25) is 0 Å². The molecule has 1 atom stereocenters. The topological polar surface area (TPSA) is 59.6 Å². The largest absolute Gasteiger partial charge is 0.456 e. The summed E-state index contributed by atoms with van der Waals surface area (Å²) >= 11 is 0. The van der Waals surface area contributed by atoms with Crippen LogP contribution in [0.3, 0.4) is 0 Å². The Hall–Kier alpha value is -4.25. The lowest BCUT2D eigenvalue weighted by atomic mass is 9.76. The van der Waals surface area contributed by atoms with Gasteiger partial charge in [-0.1, -0.05) is 69.2 Å². The molecule has 4 aromatic carbocycles. The van der Waals surface area contributed by atoms with Gasteiger partial charge in [0.05, 0.1) is 11.1 Å². The SMILES string of the molecule is Cc1cc2c(cc1Nc1ccccc1)C1(OC(=O)c3ccccc31)c1c(NCCCCC(C)C)cccc1O2. The molecule has 2 aliphatic rings. The van der Waals surface area contributed by atoms with Crippen LogP contribution in [0.1, 0.15) is 65.7 Å². The predicted molar refractivity (Wildman–Crippen MR) is 156 cm³/mol. The summed E-state index contributed by atoms with van der Waals surface area (Å²) in [6.07, 6.45) is 3.43. The Labute approximate surface area is 230 Å². The highest BCUT2D eigenvalue weighted by Gasteiger charge is 2.54. The van der Waals surface area contributed by atoms with Crippen molar-refractivity contribution in [1.82, 2.24) is 0 Å². The maximum atomic E-state index is 13.4. The van der Waals surface area contributed by atoms with Crippen molar-refractivity contribution in [3.8, 4) is 11.5 Å². The minimum absolute atomic E-state index is 0.325. The molecular formula is C34H34N2O3. The molecule has 4 aromatic rings. The Morgan fingerprint density at radius 3 is 2.44 bits per heavy atom. The molecule has 0 saturated heterocycles. The van der Waals surface area contributed by atoms with Gasteiger partial charge in [0, 0.05) is 34.7 Å². The maximum Gasteiger partial charge on any atom is 0.340 e. The van der Waals surface area contributed by atoms with Gasteiger partial charge >= 0.3 is 5.97 Å². The van der Waals surface area contributed by atoms with Crippen LogP contribution in [0.15, 0.2) is 84.9 Å². The molecule has 5 nitrogen and oxygen atoms in total. The van der Waals surface area contributed by atoms with Gasteiger partial charge in [-0.3, -0.25) is 0 Å². The third-order valence-electron chi connectivity index (χ3n) is 7.65. The third-order valence-corrected chi connectivity index (χ3v) is 7.65. The van der Waals surface area contributed by atoms with Crippen LogP contribution >= 0.6 is 0 Å². The summed E-state index contributed by atoms with van der Waals surface area (Å²) < 4.78 is 13.0. The van der Waals surface area contributed by atoms with E-state index in [-0.39, 0.29) is 5.97 Å². The Balaban J connectivity index is 1.49. The second kappa shape index (κ2) is 10.1. The van der Waals surface area contributed by atoms with Crippen LogP contribution < -0.4 is 15.4 Å². The number of hydrogen-bond donors (Lipinski definition) is 2. The summed E-state index contributed by atoms with van der Waals surface area (Å²) in [5.41, 5.74) is 5.83. The van der Waals surface area contributed by atoms with E-state index >= 15 is 0 Å². The number of anilines is 3. The number of hydrogen-bond acceptors (Lipinski definition) is 5. The van der Waals surface area contributed by atoms with Gasteiger partial charge in [0.15, 0.2) is 5.60 Å². The monoisotopic (exact) mass is 518 g/mol. The van der Waals surface area contributed by atoms with Gasteiger partial charge in [0.25, 0.3) is 0 Å². The van der Waals surface area contributed by atoms with E-state index in [4.69, 9.17) is 9.47 Å². The van der Waals surface area contributed by atoms with Crippen molar-refractivity contribution < 1.29 is 14.3 Å². The molecule has 1 unspecified atom stereocenters. The third kappa shape index (κ3) is 4.42. The van der Waals surface area contributed by atoms with Crippen LogP contribution in [-0.2, 0) is 10.3 Å². The minimum atomic E-state index is -1.13. The summed E-state index contributed by atoms with van der Waals surface area (Å²) in [5, 5.41) is 7.20. The van der Waals surface area contributed by atoms with Gasteiger partial charge in [-0.2, -0.15) is 0 Å². The smallest absolute Gasteiger partial charge is 0.340 e. The van der Waals surface area contributed by atoms with Crippen molar-refractivity contribution >= 4 is 23.0 Å². The lowest BCUT2D eigenvalue weighted by Crippen LogP contribution is -2.34. The number of carbonyl (C=O) groups excluding carboxylic acids is 1. The molecule has 0 radical (unpaired) electrons. The highest BCUT2D eigenvalue weighted by molar-refractivity contribution is 5.97. The van der Waals surface area contributed by atoms with E-state index in [0.717, 1.165) is 58.7 Å². The van der Waals surface area contributed by atoms with E-state index in [1.54, 1.807) is 0 Å². The number of benzene rings is 4. The Kier molecular flexibility index (Phi) is 6.51. The molecule has 2 aliphatic heterocycles. The minimum Gasteiger partial charge on any atom is -0.456 e. The second-order valence-electron chi connectivity index (χ2n) is 10.9. The summed E-state index contributed by atoms with van der Waals surface area (Å²) in [5.74, 6) is 1.76. The molecule has 0 amide bonds. The molecule has 39 heavy (non-hydrogen) atoms. The number of unbranched alkanes of at least 4 members (excludes halogenated alkanes) is 1. The van der Waals surface area contributed by atoms with E-state index < -0.39 is 5.60 Å². The number of nitrogens with one attached hydrogen (secondary N) is 2. The molecule has 0 aromatic heterocycles. The average Bonchev–Trinajstić information content (AvgIpc) is 3.22.